The monoisotopic (exact) mass is 375 g/mol. The molecule has 26 heavy (non-hydrogen) atoms. The second kappa shape index (κ2) is 6.71. The van der Waals surface area contributed by atoms with E-state index in [-0.39, 0.29) is 22.8 Å². The van der Waals surface area contributed by atoms with Crippen LogP contribution in [0.2, 0.25) is 0 Å². The summed E-state index contributed by atoms with van der Waals surface area (Å²) in [5.41, 5.74) is 0.798. The summed E-state index contributed by atoms with van der Waals surface area (Å²) in [6.07, 6.45) is 2.65. The summed E-state index contributed by atoms with van der Waals surface area (Å²) in [5.74, 6) is -0.334. The molecule has 0 aliphatic carbocycles. The van der Waals surface area contributed by atoms with Crippen LogP contribution >= 0.6 is 0 Å². The molecule has 0 aliphatic heterocycles. The van der Waals surface area contributed by atoms with Crippen molar-refractivity contribution in [2.75, 3.05) is 11.6 Å². The van der Waals surface area contributed by atoms with Gasteiger partial charge in [0.1, 0.15) is 5.69 Å². The van der Waals surface area contributed by atoms with E-state index in [0.717, 1.165) is 6.26 Å². The zero-order chi connectivity index (χ0) is 18.9. The third-order valence-electron chi connectivity index (χ3n) is 3.55. The maximum absolute atomic E-state index is 12.4. The van der Waals surface area contributed by atoms with Crippen molar-refractivity contribution < 1.29 is 17.6 Å². The van der Waals surface area contributed by atoms with E-state index < -0.39 is 15.7 Å². The number of carbonyl (C=O) groups excluding carboxylic acids is 1. The number of benzene rings is 1. The second-order valence-corrected chi connectivity index (χ2v) is 7.94. The molecule has 0 fully saturated rings. The lowest BCUT2D eigenvalue weighted by molar-refractivity contribution is 0.101. The fraction of sp³-hybridized carbons (Fsp3) is 0.250. The van der Waals surface area contributed by atoms with Crippen LogP contribution in [0.4, 0.5) is 6.01 Å². The van der Waals surface area contributed by atoms with Gasteiger partial charge >= 0.3 is 6.01 Å². The van der Waals surface area contributed by atoms with Crippen LogP contribution in [0.5, 0.6) is 0 Å². The molecule has 3 rings (SSSR count). The quantitative estimate of drug-likeness (QED) is 0.725. The first kappa shape index (κ1) is 17.8. The highest BCUT2D eigenvalue weighted by molar-refractivity contribution is 7.90. The normalized spacial score (nSPS) is 11.7. The highest BCUT2D eigenvalue weighted by Gasteiger charge is 2.18. The van der Waals surface area contributed by atoms with Crippen molar-refractivity contribution in [2.24, 2.45) is 0 Å². The van der Waals surface area contributed by atoms with Crippen LogP contribution in [0.15, 0.2) is 45.8 Å². The SMILES string of the molecule is CC(C)n1nccc1C(=O)Nc1nnc(-c2cccc(S(C)(=O)=O)c2)o1. The Kier molecular flexibility index (Phi) is 4.60. The number of hydrogen-bond donors (Lipinski definition) is 1. The van der Waals surface area contributed by atoms with Crippen LogP contribution in [0, 0.1) is 0 Å². The van der Waals surface area contributed by atoms with Crippen molar-refractivity contribution in [3.63, 3.8) is 0 Å². The Morgan fingerprint density at radius 2 is 2.00 bits per heavy atom. The molecule has 0 unspecified atom stereocenters. The fourth-order valence-corrected chi connectivity index (χ4v) is 2.98. The van der Waals surface area contributed by atoms with Gasteiger partial charge < -0.3 is 4.42 Å². The molecule has 9 nitrogen and oxygen atoms in total. The third kappa shape index (κ3) is 3.64. The second-order valence-electron chi connectivity index (χ2n) is 5.92. The van der Waals surface area contributed by atoms with Gasteiger partial charge in [0, 0.05) is 24.1 Å². The molecule has 0 saturated carbocycles. The summed E-state index contributed by atoms with van der Waals surface area (Å²) in [6.45, 7) is 3.81. The van der Waals surface area contributed by atoms with Gasteiger partial charge in [-0.05, 0) is 38.1 Å². The van der Waals surface area contributed by atoms with Gasteiger partial charge in [0.25, 0.3) is 5.91 Å². The Bertz CT molecular complexity index is 1050. The first-order valence-electron chi connectivity index (χ1n) is 7.74. The van der Waals surface area contributed by atoms with Crippen molar-refractivity contribution in [1.29, 1.82) is 0 Å². The van der Waals surface area contributed by atoms with E-state index in [1.54, 1.807) is 22.9 Å². The predicted molar refractivity (Wildman–Crippen MR) is 93.4 cm³/mol. The van der Waals surface area contributed by atoms with Gasteiger partial charge in [-0.3, -0.25) is 14.8 Å². The van der Waals surface area contributed by atoms with E-state index in [9.17, 15) is 13.2 Å². The third-order valence-corrected chi connectivity index (χ3v) is 4.66. The molecule has 136 valence electrons. The standard InChI is InChI=1S/C16H17N5O4S/c1-10(2)21-13(7-8-17-21)14(22)18-16-20-19-15(25-16)11-5-4-6-12(9-11)26(3,23)24/h4-10H,1-3H3,(H,18,20,22). The maximum atomic E-state index is 12.4. The first-order chi connectivity index (χ1) is 12.3. The molecule has 1 N–H and O–H groups in total. The summed E-state index contributed by atoms with van der Waals surface area (Å²) >= 11 is 0. The lowest BCUT2D eigenvalue weighted by Crippen LogP contribution is -2.19. The lowest BCUT2D eigenvalue weighted by Gasteiger charge is -2.09. The number of aromatic nitrogens is 4. The number of anilines is 1. The van der Waals surface area contributed by atoms with E-state index in [1.807, 2.05) is 13.8 Å². The highest BCUT2D eigenvalue weighted by atomic mass is 32.2. The first-order valence-corrected chi connectivity index (χ1v) is 9.63. The Hall–Kier alpha value is -3.01. The molecular formula is C16H17N5O4S. The smallest absolute Gasteiger partial charge is 0.322 e. The molecule has 0 spiro atoms. The zero-order valence-electron chi connectivity index (χ0n) is 14.4. The lowest BCUT2D eigenvalue weighted by atomic mass is 10.2. The van der Waals surface area contributed by atoms with Gasteiger partial charge in [-0.2, -0.15) is 5.10 Å². The number of nitrogens with zero attached hydrogens (tertiary/aromatic N) is 4. The van der Waals surface area contributed by atoms with Gasteiger partial charge in [0.05, 0.1) is 4.90 Å². The van der Waals surface area contributed by atoms with Gasteiger partial charge in [0.15, 0.2) is 9.84 Å². The minimum atomic E-state index is -3.36. The minimum Gasteiger partial charge on any atom is -0.403 e. The van der Waals surface area contributed by atoms with Crippen LogP contribution in [0.1, 0.15) is 30.4 Å². The molecule has 1 amide bonds. The number of hydrogen-bond acceptors (Lipinski definition) is 7. The Morgan fingerprint density at radius 1 is 1.23 bits per heavy atom. The summed E-state index contributed by atoms with van der Waals surface area (Å²) in [7, 11) is -3.36. The molecular weight excluding hydrogens is 358 g/mol. The fourth-order valence-electron chi connectivity index (χ4n) is 2.32. The topological polar surface area (TPSA) is 120 Å². The minimum absolute atomic E-state index is 0.0164. The predicted octanol–water partition coefficient (Wildman–Crippen LogP) is 2.17. The van der Waals surface area contributed by atoms with Crippen molar-refractivity contribution in [3.05, 3.63) is 42.2 Å². The Balaban J connectivity index is 1.82. The van der Waals surface area contributed by atoms with E-state index in [1.165, 1.54) is 18.3 Å². The molecule has 2 aromatic heterocycles. The average molecular weight is 375 g/mol. The molecule has 0 bridgehead atoms. The number of sulfone groups is 1. The van der Waals surface area contributed by atoms with E-state index in [4.69, 9.17) is 4.42 Å². The van der Waals surface area contributed by atoms with Gasteiger partial charge in [-0.15, -0.1) is 5.10 Å². The summed E-state index contributed by atoms with van der Waals surface area (Å²) < 4.78 is 30.3. The van der Waals surface area contributed by atoms with Gasteiger partial charge in [0.2, 0.25) is 5.89 Å². The largest absolute Gasteiger partial charge is 0.403 e. The number of rotatable bonds is 5. The van der Waals surface area contributed by atoms with Crippen LogP contribution in [-0.2, 0) is 9.84 Å². The molecule has 0 radical (unpaired) electrons. The van der Waals surface area contributed by atoms with E-state index >= 15 is 0 Å². The average Bonchev–Trinajstić information content (AvgIpc) is 3.23. The number of amides is 1. The van der Waals surface area contributed by atoms with Crippen LogP contribution in [0.3, 0.4) is 0 Å². The van der Waals surface area contributed by atoms with Crippen molar-refractivity contribution in [2.45, 2.75) is 24.8 Å². The van der Waals surface area contributed by atoms with Crippen molar-refractivity contribution >= 4 is 21.8 Å². The van der Waals surface area contributed by atoms with Crippen molar-refractivity contribution in [3.8, 4) is 11.5 Å². The van der Waals surface area contributed by atoms with Crippen molar-refractivity contribution in [1.82, 2.24) is 20.0 Å². The molecule has 0 atom stereocenters. The van der Waals surface area contributed by atoms with Gasteiger partial charge in [-0.25, -0.2) is 8.42 Å². The molecule has 0 saturated heterocycles. The molecule has 2 heterocycles. The molecule has 1 aromatic carbocycles. The molecule has 0 aliphatic rings. The van der Waals surface area contributed by atoms with E-state index in [0.29, 0.717) is 11.3 Å². The Labute approximate surface area is 150 Å². The zero-order valence-corrected chi connectivity index (χ0v) is 15.2. The maximum Gasteiger partial charge on any atom is 0.322 e. The summed E-state index contributed by atoms with van der Waals surface area (Å²) in [5, 5.41) is 14.2. The van der Waals surface area contributed by atoms with Gasteiger partial charge in [-0.1, -0.05) is 11.2 Å². The van der Waals surface area contributed by atoms with Crippen LogP contribution in [0.25, 0.3) is 11.5 Å². The number of nitrogens with one attached hydrogen (secondary N) is 1. The number of carbonyl (C=O) groups is 1. The van der Waals surface area contributed by atoms with Crippen LogP contribution in [-0.4, -0.2) is 40.6 Å². The Morgan fingerprint density at radius 3 is 2.69 bits per heavy atom. The summed E-state index contributed by atoms with van der Waals surface area (Å²) in [4.78, 5) is 12.5. The van der Waals surface area contributed by atoms with E-state index in [2.05, 4.69) is 20.6 Å². The molecule has 3 aromatic rings. The summed E-state index contributed by atoms with van der Waals surface area (Å²) in [6, 6.07) is 7.64. The highest BCUT2D eigenvalue weighted by Crippen LogP contribution is 2.23. The van der Waals surface area contributed by atoms with Crippen LogP contribution < -0.4 is 5.32 Å². The molecule has 10 heteroatoms.